The number of aromatic nitrogens is 2. The molecule has 15 heavy (non-hydrogen) atoms. The van der Waals surface area contributed by atoms with Crippen molar-refractivity contribution in [3.63, 3.8) is 0 Å². The van der Waals surface area contributed by atoms with Crippen LogP contribution in [0.4, 0.5) is 0 Å². The van der Waals surface area contributed by atoms with Gasteiger partial charge in [-0.15, -0.1) is 11.6 Å². The molecule has 0 unspecified atom stereocenters. The summed E-state index contributed by atoms with van der Waals surface area (Å²) in [6.45, 7) is 0. The summed E-state index contributed by atoms with van der Waals surface area (Å²) < 4.78 is 7.13. The minimum atomic E-state index is 0.255. The Morgan fingerprint density at radius 1 is 1.47 bits per heavy atom. The monoisotopic (exact) mass is 398 g/mol. The molecule has 2 rings (SSSR count). The minimum Gasteiger partial charge on any atom is -0.334 e. The Morgan fingerprint density at radius 2 is 2.27 bits per heavy atom. The summed E-state index contributed by atoms with van der Waals surface area (Å²) >= 11 is 11.3. The summed E-state index contributed by atoms with van der Waals surface area (Å²) in [5.41, 5.74) is 0.880. The topological polar surface area (TPSA) is 38.9 Å². The van der Waals surface area contributed by atoms with Gasteiger partial charge >= 0.3 is 0 Å². The van der Waals surface area contributed by atoms with Gasteiger partial charge in [-0.05, 0) is 56.7 Å². The van der Waals surface area contributed by atoms with Crippen molar-refractivity contribution >= 4 is 50.1 Å². The van der Waals surface area contributed by atoms with E-state index in [0.717, 1.165) is 13.6 Å². The normalized spacial score (nSPS) is 10.6. The Morgan fingerprint density at radius 3 is 2.93 bits per heavy atom. The Kier molecular flexibility index (Phi) is 3.63. The summed E-state index contributed by atoms with van der Waals surface area (Å²) in [5.74, 6) is 1.24. The van der Waals surface area contributed by atoms with Gasteiger partial charge < -0.3 is 4.52 Å². The van der Waals surface area contributed by atoms with Gasteiger partial charge in [0.15, 0.2) is 5.82 Å². The maximum absolute atomic E-state index is 5.60. The zero-order valence-electron chi connectivity index (χ0n) is 7.38. The van der Waals surface area contributed by atoms with E-state index in [1.54, 1.807) is 0 Å². The number of hydrogen-bond acceptors (Lipinski definition) is 3. The van der Waals surface area contributed by atoms with Gasteiger partial charge in [0.2, 0.25) is 0 Å². The summed E-state index contributed by atoms with van der Waals surface area (Å²) in [4.78, 5) is 4.16. The molecule has 1 aromatic heterocycles. The summed E-state index contributed by atoms with van der Waals surface area (Å²) in [5, 5.41) is 3.74. The molecule has 78 valence electrons. The predicted octanol–water partition coefficient (Wildman–Crippen LogP) is 3.84. The highest BCUT2D eigenvalue weighted by Gasteiger charge is 2.11. The molecule has 0 amide bonds. The van der Waals surface area contributed by atoms with E-state index in [9.17, 15) is 0 Å². The Hall–Kier alpha value is -0.140. The lowest BCUT2D eigenvalue weighted by molar-refractivity contribution is 0.425. The Labute approximate surface area is 113 Å². The van der Waals surface area contributed by atoms with Crippen molar-refractivity contribution in [3.05, 3.63) is 32.1 Å². The molecular formula is C9H5BrClIN2O. The van der Waals surface area contributed by atoms with Gasteiger partial charge in [-0.25, -0.2) is 0 Å². The number of benzene rings is 1. The predicted molar refractivity (Wildman–Crippen MR) is 69.7 cm³/mol. The van der Waals surface area contributed by atoms with E-state index in [2.05, 4.69) is 48.7 Å². The van der Waals surface area contributed by atoms with Crippen molar-refractivity contribution in [2.45, 2.75) is 5.88 Å². The minimum absolute atomic E-state index is 0.255. The third-order valence-corrected chi connectivity index (χ3v) is 3.35. The average Bonchev–Trinajstić information content (AvgIpc) is 2.70. The SMILES string of the molecule is ClCc1noc(-c2cc(I)ccc2Br)n1. The van der Waals surface area contributed by atoms with Crippen LogP contribution >= 0.6 is 50.1 Å². The first-order valence-electron chi connectivity index (χ1n) is 4.04. The maximum Gasteiger partial charge on any atom is 0.259 e. The van der Waals surface area contributed by atoms with Crippen LogP contribution in [-0.2, 0) is 5.88 Å². The second-order valence-corrected chi connectivity index (χ2v) is 5.14. The fourth-order valence-corrected chi connectivity index (χ4v) is 2.10. The molecule has 2 aromatic rings. The quantitative estimate of drug-likeness (QED) is 0.569. The summed E-state index contributed by atoms with van der Waals surface area (Å²) in [6, 6.07) is 5.91. The van der Waals surface area contributed by atoms with Gasteiger partial charge in [0.1, 0.15) is 0 Å². The van der Waals surface area contributed by atoms with Gasteiger partial charge in [0.05, 0.1) is 11.4 Å². The van der Waals surface area contributed by atoms with Crippen LogP contribution in [0.15, 0.2) is 27.2 Å². The first-order chi connectivity index (χ1) is 7.20. The van der Waals surface area contributed by atoms with Crippen molar-refractivity contribution < 1.29 is 4.52 Å². The molecule has 0 atom stereocenters. The maximum atomic E-state index is 5.60. The van der Waals surface area contributed by atoms with Gasteiger partial charge in [-0.2, -0.15) is 4.98 Å². The highest BCUT2D eigenvalue weighted by atomic mass is 127. The zero-order valence-corrected chi connectivity index (χ0v) is 11.9. The molecule has 1 aromatic carbocycles. The zero-order chi connectivity index (χ0) is 10.8. The molecule has 0 bridgehead atoms. The molecule has 0 aliphatic carbocycles. The Balaban J connectivity index is 2.48. The van der Waals surface area contributed by atoms with E-state index in [0.29, 0.717) is 11.7 Å². The number of alkyl halides is 1. The first kappa shape index (κ1) is 11.3. The molecular weight excluding hydrogens is 394 g/mol. The van der Waals surface area contributed by atoms with Crippen LogP contribution < -0.4 is 0 Å². The molecule has 0 N–H and O–H groups in total. The van der Waals surface area contributed by atoms with Crippen LogP contribution in [0.1, 0.15) is 5.82 Å². The largest absolute Gasteiger partial charge is 0.334 e. The van der Waals surface area contributed by atoms with Crippen LogP contribution in [-0.4, -0.2) is 10.1 Å². The summed E-state index contributed by atoms with van der Waals surface area (Å²) in [6.07, 6.45) is 0. The number of halogens is 3. The highest BCUT2D eigenvalue weighted by Crippen LogP contribution is 2.28. The van der Waals surface area contributed by atoms with E-state index in [1.807, 2.05) is 18.2 Å². The van der Waals surface area contributed by atoms with Crippen molar-refractivity contribution in [2.24, 2.45) is 0 Å². The van der Waals surface area contributed by atoms with Crippen LogP contribution in [0.25, 0.3) is 11.5 Å². The van der Waals surface area contributed by atoms with E-state index >= 15 is 0 Å². The lowest BCUT2D eigenvalue weighted by Gasteiger charge is -1.98. The van der Waals surface area contributed by atoms with Crippen molar-refractivity contribution in [3.8, 4) is 11.5 Å². The molecule has 0 aliphatic heterocycles. The lowest BCUT2D eigenvalue weighted by atomic mass is 10.2. The first-order valence-corrected chi connectivity index (χ1v) is 6.45. The van der Waals surface area contributed by atoms with Gasteiger partial charge in [0.25, 0.3) is 5.89 Å². The van der Waals surface area contributed by atoms with Gasteiger partial charge in [0, 0.05) is 8.04 Å². The summed E-state index contributed by atoms with van der Waals surface area (Å²) in [7, 11) is 0. The molecule has 1 heterocycles. The molecule has 0 radical (unpaired) electrons. The molecule has 0 aliphatic rings. The van der Waals surface area contributed by atoms with Gasteiger partial charge in [-0.3, -0.25) is 0 Å². The fourth-order valence-electron chi connectivity index (χ4n) is 1.08. The third kappa shape index (κ3) is 2.51. The number of rotatable bonds is 2. The van der Waals surface area contributed by atoms with E-state index in [4.69, 9.17) is 16.1 Å². The smallest absolute Gasteiger partial charge is 0.259 e. The molecule has 0 saturated heterocycles. The second-order valence-electron chi connectivity index (χ2n) is 2.77. The van der Waals surface area contributed by atoms with Crippen molar-refractivity contribution in [1.82, 2.24) is 10.1 Å². The molecule has 6 heteroatoms. The highest BCUT2D eigenvalue weighted by molar-refractivity contribution is 14.1. The average molecular weight is 399 g/mol. The van der Waals surface area contributed by atoms with Crippen LogP contribution in [0.3, 0.4) is 0 Å². The van der Waals surface area contributed by atoms with Crippen molar-refractivity contribution in [1.29, 1.82) is 0 Å². The molecule has 0 fully saturated rings. The number of hydrogen-bond donors (Lipinski definition) is 0. The standard InChI is InChI=1S/C9H5BrClIN2O/c10-7-2-1-5(12)3-6(7)9-13-8(4-11)14-15-9/h1-3H,4H2. The van der Waals surface area contributed by atoms with Crippen LogP contribution in [0.5, 0.6) is 0 Å². The molecule has 3 nitrogen and oxygen atoms in total. The van der Waals surface area contributed by atoms with E-state index in [-0.39, 0.29) is 5.88 Å². The third-order valence-electron chi connectivity index (χ3n) is 1.75. The lowest BCUT2D eigenvalue weighted by Crippen LogP contribution is -1.83. The fraction of sp³-hybridized carbons (Fsp3) is 0.111. The van der Waals surface area contributed by atoms with E-state index in [1.165, 1.54) is 0 Å². The Bertz CT molecular complexity index is 489. The van der Waals surface area contributed by atoms with Crippen molar-refractivity contribution in [2.75, 3.05) is 0 Å². The molecule has 0 spiro atoms. The van der Waals surface area contributed by atoms with E-state index < -0.39 is 0 Å². The van der Waals surface area contributed by atoms with Crippen LogP contribution in [0, 0.1) is 3.57 Å². The van der Waals surface area contributed by atoms with Gasteiger partial charge in [-0.1, -0.05) is 5.16 Å². The van der Waals surface area contributed by atoms with Crippen LogP contribution in [0.2, 0.25) is 0 Å². The molecule has 0 saturated carbocycles. The number of nitrogens with zero attached hydrogens (tertiary/aromatic N) is 2. The second kappa shape index (κ2) is 4.80.